The maximum atomic E-state index is 7.48. The van der Waals surface area contributed by atoms with Crippen molar-refractivity contribution in [2.75, 3.05) is 33.9 Å². The molecule has 0 atom stereocenters. The van der Waals surface area contributed by atoms with E-state index in [1.165, 1.54) is 17.9 Å². The summed E-state index contributed by atoms with van der Waals surface area (Å²) in [7, 11) is 4.48. The summed E-state index contributed by atoms with van der Waals surface area (Å²) in [5, 5.41) is 16.7. The van der Waals surface area contributed by atoms with Crippen molar-refractivity contribution < 1.29 is 9.22 Å². The number of quaternary nitrogens is 1. The minimum absolute atomic E-state index is 0.811. The maximum absolute atomic E-state index is 7.48. The van der Waals surface area contributed by atoms with E-state index in [1.807, 2.05) is 6.92 Å². The zero-order valence-electron chi connectivity index (χ0n) is 12.5. The molecule has 1 aromatic carbocycles. The second-order valence-corrected chi connectivity index (χ2v) is 4.85. The minimum Gasteiger partial charge on any atom is -0.376 e. The first-order valence-electron chi connectivity index (χ1n) is 6.52. The normalized spacial score (nSPS) is 9.65. The van der Waals surface area contributed by atoms with Gasteiger partial charge in [0.2, 0.25) is 0 Å². The third-order valence-electron chi connectivity index (χ3n) is 2.61. The molecule has 0 saturated carbocycles. The van der Waals surface area contributed by atoms with Gasteiger partial charge in [0.25, 0.3) is 0 Å². The Kier molecular flexibility index (Phi) is 9.68. The number of likely N-dealkylation sites (N-methyl/N-ethyl adjacent to an activating group) is 1. The molecule has 0 aromatic heterocycles. The summed E-state index contributed by atoms with van der Waals surface area (Å²) < 4.78 is 6.37. The molecule has 1 N–H and O–H groups in total. The van der Waals surface area contributed by atoms with Crippen LogP contribution in [-0.2, 0) is 11.3 Å². The average molecular weight is 275 g/mol. The molecule has 1 aromatic rings. The minimum atomic E-state index is 0.811. The van der Waals surface area contributed by atoms with Crippen molar-refractivity contribution in [2.24, 2.45) is 0 Å². The Morgan fingerprint density at radius 2 is 1.75 bits per heavy atom. The molecule has 0 amide bonds. The van der Waals surface area contributed by atoms with Crippen LogP contribution in [0.25, 0.3) is 0 Å². The zero-order chi connectivity index (χ0) is 15.3. The molecule has 0 aliphatic carbocycles. The van der Waals surface area contributed by atoms with Gasteiger partial charge in [-0.1, -0.05) is 30.3 Å². The molecule has 1 rings (SSSR count). The third kappa shape index (κ3) is 9.90. The standard InChI is InChI=1S/C13H22NO.C2HN3/c1-4-15-11-10-14(2,3)12-13-8-6-5-7-9-13;3-1-5-2-4/h5-9H,4,10-12H2,1-3H3;5H/q+1;. The molecule has 0 spiro atoms. The van der Waals surface area contributed by atoms with Gasteiger partial charge < -0.3 is 9.22 Å². The third-order valence-corrected chi connectivity index (χ3v) is 2.61. The highest BCUT2D eigenvalue weighted by Crippen LogP contribution is 2.08. The molecular formula is C15H23N4O+. The smallest absolute Gasteiger partial charge is 0.190 e. The van der Waals surface area contributed by atoms with Gasteiger partial charge in [-0.05, 0) is 6.92 Å². The van der Waals surface area contributed by atoms with E-state index < -0.39 is 0 Å². The van der Waals surface area contributed by atoms with Crippen LogP contribution in [0.1, 0.15) is 12.5 Å². The predicted molar refractivity (Wildman–Crippen MR) is 78.0 cm³/mol. The number of benzene rings is 1. The van der Waals surface area contributed by atoms with Crippen LogP contribution in [0.15, 0.2) is 30.3 Å². The molecule has 0 heterocycles. The quantitative estimate of drug-likeness (QED) is 0.372. The molecule has 0 radical (unpaired) electrons. The number of ether oxygens (including phenoxy) is 1. The van der Waals surface area contributed by atoms with Gasteiger partial charge >= 0.3 is 0 Å². The number of rotatable bonds is 6. The van der Waals surface area contributed by atoms with E-state index in [4.69, 9.17) is 15.3 Å². The van der Waals surface area contributed by atoms with Crippen molar-refractivity contribution >= 4 is 0 Å². The van der Waals surface area contributed by atoms with Crippen molar-refractivity contribution in [3.8, 4) is 12.4 Å². The van der Waals surface area contributed by atoms with Crippen molar-refractivity contribution in [2.45, 2.75) is 13.5 Å². The van der Waals surface area contributed by atoms with Crippen LogP contribution in [-0.4, -0.2) is 38.3 Å². The summed E-state index contributed by atoms with van der Waals surface area (Å²) in [6.45, 7) is 5.81. The molecule has 0 fully saturated rings. The Hall–Kier alpha value is -2.08. The van der Waals surface area contributed by atoms with E-state index in [0.29, 0.717) is 0 Å². The fraction of sp³-hybridized carbons (Fsp3) is 0.467. The van der Waals surface area contributed by atoms with E-state index in [-0.39, 0.29) is 0 Å². The SMILES string of the molecule is CCOCC[N+](C)(C)Cc1ccccc1.N#CNC#N. The Bertz CT molecular complexity index is 419. The van der Waals surface area contributed by atoms with E-state index in [2.05, 4.69) is 44.4 Å². The topological polar surface area (TPSA) is 68.8 Å². The predicted octanol–water partition coefficient (Wildman–Crippen LogP) is 1.84. The fourth-order valence-corrected chi connectivity index (χ4v) is 1.64. The van der Waals surface area contributed by atoms with Crippen LogP contribution in [0, 0.1) is 22.9 Å². The monoisotopic (exact) mass is 275 g/mol. The lowest BCUT2D eigenvalue weighted by molar-refractivity contribution is -0.904. The van der Waals surface area contributed by atoms with Crippen LogP contribution >= 0.6 is 0 Å². The Balaban J connectivity index is 0.000000621. The first-order valence-corrected chi connectivity index (χ1v) is 6.52. The lowest BCUT2D eigenvalue weighted by Crippen LogP contribution is -2.41. The first-order chi connectivity index (χ1) is 9.55. The molecule has 0 aliphatic heterocycles. The number of nitrogens with one attached hydrogen (secondary N) is 1. The van der Waals surface area contributed by atoms with Crippen LogP contribution in [0.5, 0.6) is 0 Å². The Morgan fingerprint density at radius 3 is 2.20 bits per heavy atom. The molecule has 5 nitrogen and oxygen atoms in total. The van der Waals surface area contributed by atoms with Gasteiger partial charge in [-0.3, -0.25) is 0 Å². The molecule has 0 saturated heterocycles. The van der Waals surface area contributed by atoms with Gasteiger partial charge in [0.1, 0.15) is 13.1 Å². The van der Waals surface area contributed by atoms with Crippen molar-refractivity contribution in [1.82, 2.24) is 5.32 Å². The summed E-state index contributed by atoms with van der Waals surface area (Å²) in [4.78, 5) is 0. The second kappa shape index (κ2) is 10.8. The lowest BCUT2D eigenvalue weighted by atomic mass is 10.2. The highest BCUT2D eigenvalue weighted by atomic mass is 16.5. The molecule has 20 heavy (non-hydrogen) atoms. The van der Waals surface area contributed by atoms with Crippen molar-refractivity contribution in [3.63, 3.8) is 0 Å². The van der Waals surface area contributed by atoms with Gasteiger partial charge in [0, 0.05) is 12.2 Å². The van der Waals surface area contributed by atoms with Crippen LogP contribution < -0.4 is 5.32 Å². The molecular weight excluding hydrogens is 252 g/mol. The fourth-order valence-electron chi connectivity index (χ4n) is 1.64. The van der Waals surface area contributed by atoms with Crippen LogP contribution in [0.2, 0.25) is 0 Å². The molecule has 0 bridgehead atoms. The summed E-state index contributed by atoms with van der Waals surface area (Å²) in [6.07, 6.45) is 2.81. The van der Waals surface area contributed by atoms with E-state index >= 15 is 0 Å². The number of nitriles is 2. The highest BCUT2D eigenvalue weighted by Gasteiger charge is 2.14. The van der Waals surface area contributed by atoms with Gasteiger partial charge in [0.15, 0.2) is 12.4 Å². The van der Waals surface area contributed by atoms with Gasteiger partial charge in [-0.25, -0.2) is 5.32 Å². The van der Waals surface area contributed by atoms with Gasteiger partial charge in [-0.2, -0.15) is 10.5 Å². The Morgan fingerprint density at radius 1 is 1.15 bits per heavy atom. The summed E-state index contributed by atoms with van der Waals surface area (Å²) in [5.74, 6) is 0. The number of nitrogens with zero attached hydrogens (tertiary/aromatic N) is 3. The van der Waals surface area contributed by atoms with Crippen LogP contribution in [0.4, 0.5) is 0 Å². The highest BCUT2D eigenvalue weighted by molar-refractivity contribution is 5.13. The largest absolute Gasteiger partial charge is 0.376 e. The van der Waals surface area contributed by atoms with Gasteiger partial charge in [0.05, 0.1) is 20.7 Å². The zero-order valence-corrected chi connectivity index (χ0v) is 12.5. The molecule has 108 valence electrons. The van der Waals surface area contributed by atoms with Crippen molar-refractivity contribution in [1.29, 1.82) is 10.5 Å². The molecule has 5 heteroatoms. The Labute approximate surface area is 121 Å². The number of hydrogen-bond donors (Lipinski definition) is 1. The molecule has 0 unspecified atom stereocenters. The molecule has 0 aliphatic rings. The lowest BCUT2D eigenvalue weighted by Gasteiger charge is -2.29. The average Bonchev–Trinajstić information content (AvgIpc) is 2.41. The van der Waals surface area contributed by atoms with Crippen LogP contribution in [0.3, 0.4) is 0 Å². The summed E-state index contributed by atoms with van der Waals surface area (Å²) in [5.41, 5.74) is 1.39. The van der Waals surface area contributed by atoms with Gasteiger partial charge in [-0.15, -0.1) is 0 Å². The first kappa shape index (κ1) is 17.9. The van der Waals surface area contributed by atoms with E-state index in [1.54, 1.807) is 5.32 Å². The van der Waals surface area contributed by atoms with E-state index in [0.717, 1.165) is 30.8 Å². The van der Waals surface area contributed by atoms with E-state index in [9.17, 15) is 0 Å². The number of hydrogen-bond acceptors (Lipinski definition) is 4. The van der Waals surface area contributed by atoms with Crippen molar-refractivity contribution in [3.05, 3.63) is 35.9 Å². The maximum Gasteiger partial charge on any atom is 0.190 e. The second-order valence-electron chi connectivity index (χ2n) is 4.85. The summed E-state index contributed by atoms with van der Waals surface area (Å²) in [6, 6.07) is 10.6. The summed E-state index contributed by atoms with van der Waals surface area (Å²) >= 11 is 0.